The number of aromatic nitrogens is 1. The van der Waals surface area contributed by atoms with Crippen molar-refractivity contribution in [2.45, 2.75) is 40.7 Å². The van der Waals surface area contributed by atoms with Gasteiger partial charge in [-0.3, -0.25) is 4.79 Å². The van der Waals surface area contributed by atoms with Crippen LogP contribution in [0.3, 0.4) is 0 Å². The molecule has 5 nitrogen and oxygen atoms in total. The van der Waals surface area contributed by atoms with Gasteiger partial charge in [-0.2, -0.15) is 0 Å². The SMILES string of the molecule is CC(=O)Nc1ccc(OC(=O)c2cc(C)n(C(C)C)c2C)cc1. The van der Waals surface area contributed by atoms with Gasteiger partial charge in [-0.25, -0.2) is 4.79 Å². The molecule has 1 N–H and O–H groups in total. The molecule has 1 aromatic heterocycles. The number of rotatable bonds is 4. The molecule has 0 fully saturated rings. The van der Waals surface area contributed by atoms with Crippen LogP contribution >= 0.6 is 0 Å². The Morgan fingerprint density at radius 1 is 1.13 bits per heavy atom. The summed E-state index contributed by atoms with van der Waals surface area (Å²) >= 11 is 0. The van der Waals surface area contributed by atoms with Crippen molar-refractivity contribution in [3.8, 4) is 5.75 Å². The predicted octanol–water partition coefficient (Wildman–Crippen LogP) is 3.86. The molecule has 0 aliphatic carbocycles. The smallest absolute Gasteiger partial charge is 0.345 e. The van der Waals surface area contributed by atoms with Gasteiger partial charge in [0.05, 0.1) is 5.56 Å². The number of benzene rings is 1. The predicted molar refractivity (Wildman–Crippen MR) is 90.0 cm³/mol. The molecule has 2 aromatic rings. The third-order valence-corrected chi connectivity index (χ3v) is 3.61. The summed E-state index contributed by atoms with van der Waals surface area (Å²) in [5, 5.41) is 2.67. The Bertz CT molecular complexity index is 727. The Labute approximate surface area is 136 Å². The zero-order chi connectivity index (χ0) is 17.1. The standard InChI is InChI=1S/C18H22N2O3/c1-11(2)20-12(3)10-17(13(20)4)18(22)23-16-8-6-15(7-9-16)19-14(5)21/h6-11H,1-5H3,(H,19,21). The first-order valence-corrected chi connectivity index (χ1v) is 7.58. The summed E-state index contributed by atoms with van der Waals surface area (Å²) in [6.45, 7) is 9.50. The van der Waals surface area contributed by atoms with Crippen molar-refractivity contribution >= 4 is 17.6 Å². The van der Waals surface area contributed by atoms with Gasteiger partial charge < -0.3 is 14.6 Å². The van der Waals surface area contributed by atoms with Crippen molar-refractivity contribution < 1.29 is 14.3 Å². The van der Waals surface area contributed by atoms with Crippen molar-refractivity contribution in [1.29, 1.82) is 0 Å². The third-order valence-electron chi connectivity index (χ3n) is 3.61. The molecule has 0 atom stereocenters. The van der Waals surface area contributed by atoms with Gasteiger partial charge in [0.25, 0.3) is 0 Å². The number of carbonyl (C=O) groups is 2. The van der Waals surface area contributed by atoms with Crippen LogP contribution in [0.1, 0.15) is 48.6 Å². The lowest BCUT2D eigenvalue weighted by Crippen LogP contribution is -2.11. The molecule has 5 heteroatoms. The molecule has 0 saturated heterocycles. The third kappa shape index (κ3) is 3.80. The molecule has 0 unspecified atom stereocenters. The molecule has 1 aromatic carbocycles. The highest BCUT2D eigenvalue weighted by Crippen LogP contribution is 2.22. The zero-order valence-electron chi connectivity index (χ0n) is 14.1. The Kier molecular flexibility index (Phi) is 4.89. The van der Waals surface area contributed by atoms with E-state index in [2.05, 4.69) is 23.7 Å². The minimum Gasteiger partial charge on any atom is -0.423 e. The Balaban J connectivity index is 2.16. The van der Waals surface area contributed by atoms with E-state index in [9.17, 15) is 9.59 Å². The second-order valence-electron chi connectivity index (χ2n) is 5.84. The van der Waals surface area contributed by atoms with E-state index in [0.29, 0.717) is 17.0 Å². The molecule has 122 valence electrons. The summed E-state index contributed by atoms with van der Waals surface area (Å²) in [6.07, 6.45) is 0. The van der Waals surface area contributed by atoms with Crippen LogP contribution in [-0.2, 0) is 4.79 Å². The molecule has 2 rings (SSSR count). The van der Waals surface area contributed by atoms with Crippen molar-refractivity contribution in [3.05, 3.63) is 47.3 Å². The normalized spacial score (nSPS) is 10.7. The number of aryl methyl sites for hydroxylation is 1. The molecule has 1 heterocycles. The molecule has 0 spiro atoms. The minimum absolute atomic E-state index is 0.143. The number of ether oxygens (including phenoxy) is 1. The van der Waals surface area contributed by atoms with E-state index in [-0.39, 0.29) is 17.9 Å². The minimum atomic E-state index is -0.378. The maximum atomic E-state index is 12.4. The van der Waals surface area contributed by atoms with Crippen LogP contribution < -0.4 is 10.1 Å². The van der Waals surface area contributed by atoms with E-state index in [1.807, 2.05) is 19.9 Å². The van der Waals surface area contributed by atoms with E-state index >= 15 is 0 Å². The van der Waals surface area contributed by atoms with Gasteiger partial charge in [0.15, 0.2) is 0 Å². The average Bonchev–Trinajstić information content (AvgIpc) is 2.75. The number of esters is 1. The second kappa shape index (κ2) is 6.69. The summed E-state index contributed by atoms with van der Waals surface area (Å²) in [7, 11) is 0. The van der Waals surface area contributed by atoms with Crippen LogP contribution in [0, 0.1) is 13.8 Å². The van der Waals surface area contributed by atoms with E-state index in [0.717, 1.165) is 11.4 Å². The Hall–Kier alpha value is -2.56. The summed E-state index contributed by atoms with van der Waals surface area (Å²) in [4.78, 5) is 23.4. The maximum absolute atomic E-state index is 12.4. The highest BCUT2D eigenvalue weighted by Gasteiger charge is 2.18. The van der Waals surface area contributed by atoms with Gasteiger partial charge in [0, 0.05) is 30.0 Å². The first kappa shape index (κ1) is 16.8. The molecule has 0 bridgehead atoms. The maximum Gasteiger partial charge on any atom is 0.345 e. The number of amides is 1. The molecule has 0 aliphatic heterocycles. The van der Waals surface area contributed by atoms with Gasteiger partial charge >= 0.3 is 5.97 Å². The highest BCUT2D eigenvalue weighted by molar-refractivity contribution is 5.93. The number of hydrogen-bond donors (Lipinski definition) is 1. The van der Waals surface area contributed by atoms with E-state index in [4.69, 9.17) is 4.74 Å². The van der Waals surface area contributed by atoms with Gasteiger partial charge in [0.2, 0.25) is 5.91 Å². The summed E-state index contributed by atoms with van der Waals surface area (Å²) in [5.74, 6) is -0.0772. The molecular formula is C18H22N2O3. The van der Waals surface area contributed by atoms with Crippen molar-refractivity contribution in [2.24, 2.45) is 0 Å². The first-order chi connectivity index (χ1) is 10.8. The molecule has 0 aliphatic rings. The zero-order valence-corrected chi connectivity index (χ0v) is 14.1. The van der Waals surface area contributed by atoms with E-state index in [1.165, 1.54) is 6.92 Å². The summed E-state index contributed by atoms with van der Waals surface area (Å²) in [6, 6.07) is 8.84. The van der Waals surface area contributed by atoms with Gasteiger partial charge in [-0.15, -0.1) is 0 Å². The monoisotopic (exact) mass is 314 g/mol. The molecule has 0 radical (unpaired) electrons. The largest absolute Gasteiger partial charge is 0.423 e. The Morgan fingerprint density at radius 3 is 2.22 bits per heavy atom. The van der Waals surface area contributed by atoms with Crippen LogP contribution in [0.5, 0.6) is 5.75 Å². The number of carbonyl (C=O) groups excluding carboxylic acids is 2. The van der Waals surface area contributed by atoms with E-state index < -0.39 is 0 Å². The molecule has 23 heavy (non-hydrogen) atoms. The summed E-state index contributed by atoms with van der Waals surface area (Å²) < 4.78 is 7.53. The lowest BCUT2D eigenvalue weighted by molar-refractivity contribution is -0.114. The van der Waals surface area contributed by atoms with Crippen molar-refractivity contribution in [2.75, 3.05) is 5.32 Å². The lowest BCUT2D eigenvalue weighted by Gasteiger charge is -2.13. The van der Waals surface area contributed by atoms with E-state index in [1.54, 1.807) is 24.3 Å². The molecule has 0 saturated carbocycles. The van der Waals surface area contributed by atoms with Gasteiger partial charge in [-0.05, 0) is 58.0 Å². The quantitative estimate of drug-likeness (QED) is 0.688. The summed E-state index contributed by atoms with van der Waals surface area (Å²) in [5.41, 5.74) is 3.17. The van der Waals surface area contributed by atoms with Crippen molar-refractivity contribution in [3.63, 3.8) is 0 Å². The highest BCUT2D eigenvalue weighted by atomic mass is 16.5. The second-order valence-corrected chi connectivity index (χ2v) is 5.84. The fraction of sp³-hybridized carbons (Fsp3) is 0.333. The fourth-order valence-electron chi connectivity index (χ4n) is 2.75. The average molecular weight is 314 g/mol. The van der Waals surface area contributed by atoms with Crippen LogP contribution in [0.4, 0.5) is 5.69 Å². The van der Waals surface area contributed by atoms with Gasteiger partial charge in [0.1, 0.15) is 5.75 Å². The topological polar surface area (TPSA) is 60.3 Å². The van der Waals surface area contributed by atoms with Crippen LogP contribution in [0.25, 0.3) is 0 Å². The number of hydrogen-bond acceptors (Lipinski definition) is 3. The van der Waals surface area contributed by atoms with Crippen LogP contribution in [-0.4, -0.2) is 16.4 Å². The fourth-order valence-corrected chi connectivity index (χ4v) is 2.75. The van der Waals surface area contributed by atoms with Gasteiger partial charge in [-0.1, -0.05) is 0 Å². The molecular weight excluding hydrogens is 292 g/mol. The Morgan fingerprint density at radius 2 is 1.74 bits per heavy atom. The molecule has 1 amide bonds. The van der Waals surface area contributed by atoms with Crippen molar-refractivity contribution in [1.82, 2.24) is 4.57 Å². The number of nitrogens with zero attached hydrogens (tertiary/aromatic N) is 1. The lowest BCUT2D eigenvalue weighted by atomic mass is 10.2. The van der Waals surface area contributed by atoms with Crippen LogP contribution in [0.2, 0.25) is 0 Å². The van der Waals surface area contributed by atoms with Crippen LogP contribution in [0.15, 0.2) is 30.3 Å². The first-order valence-electron chi connectivity index (χ1n) is 7.58. The number of nitrogens with one attached hydrogen (secondary N) is 1. The number of anilines is 1.